The summed E-state index contributed by atoms with van der Waals surface area (Å²) in [4.78, 5) is 0.197. The first kappa shape index (κ1) is 21.5. The van der Waals surface area contributed by atoms with Crippen LogP contribution in [0.3, 0.4) is 0 Å². The maximum absolute atomic E-state index is 13.5. The molecule has 0 saturated heterocycles. The lowest BCUT2D eigenvalue weighted by molar-refractivity contribution is 0.295. The van der Waals surface area contributed by atoms with E-state index >= 15 is 0 Å². The summed E-state index contributed by atoms with van der Waals surface area (Å²) >= 11 is 0. The molecule has 3 aromatic carbocycles. The van der Waals surface area contributed by atoms with Gasteiger partial charge in [-0.15, -0.1) is 0 Å². The highest BCUT2D eigenvalue weighted by Gasteiger charge is 2.39. The standard InChI is InChI=1S/C23H23NO5S2/c1-17-7-11-21(12-8-17)30(25,26)24-20(15-19-5-3-4-6-23(19)24)16-29-31(27,28)22-13-9-18(2)10-14-22/h3-14,20H,15-16H2,1-2H3/t20-/m0/s1. The fraction of sp³-hybridized carbons (Fsp3) is 0.217. The summed E-state index contributed by atoms with van der Waals surface area (Å²) in [5, 5.41) is 0. The molecule has 0 fully saturated rings. The Kier molecular flexibility index (Phi) is 5.63. The molecule has 0 amide bonds. The lowest BCUT2D eigenvalue weighted by Gasteiger charge is -2.26. The minimum atomic E-state index is -4.01. The second-order valence-corrected chi connectivity index (χ2v) is 11.1. The Labute approximate surface area is 183 Å². The SMILES string of the molecule is Cc1ccc(S(=O)(=O)OC[C@@H]2Cc3ccccc3N2S(=O)(=O)c2ccc(C)cc2)cc1. The van der Waals surface area contributed by atoms with Crippen LogP contribution in [0.25, 0.3) is 0 Å². The minimum Gasteiger partial charge on any atom is -0.264 e. The predicted molar refractivity (Wildman–Crippen MR) is 119 cm³/mol. The van der Waals surface area contributed by atoms with Crippen LogP contribution < -0.4 is 4.31 Å². The van der Waals surface area contributed by atoms with Crippen molar-refractivity contribution >= 4 is 25.8 Å². The maximum atomic E-state index is 13.5. The molecule has 0 aromatic heterocycles. The number of aryl methyl sites for hydroxylation is 2. The molecule has 8 heteroatoms. The Morgan fingerprint density at radius 2 is 1.35 bits per heavy atom. The molecule has 0 radical (unpaired) electrons. The number of hydrogen-bond donors (Lipinski definition) is 0. The molecule has 0 N–H and O–H groups in total. The van der Waals surface area contributed by atoms with E-state index in [1.165, 1.54) is 16.4 Å². The molecule has 0 bridgehead atoms. The molecular formula is C23H23NO5S2. The summed E-state index contributed by atoms with van der Waals surface area (Å²) in [6, 6.07) is 19.4. The molecule has 1 heterocycles. The number of anilines is 1. The molecule has 31 heavy (non-hydrogen) atoms. The normalized spacial score (nSPS) is 16.3. The molecule has 0 saturated carbocycles. The Hall–Kier alpha value is -2.68. The zero-order chi connectivity index (χ0) is 22.2. The summed E-state index contributed by atoms with van der Waals surface area (Å²) in [6.45, 7) is 3.46. The van der Waals surface area contributed by atoms with Gasteiger partial charge in [0.05, 0.1) is 28.1 Å². The highest BCUT2D eigenvalue weighted by Crippen LogP contribution is 2.37. The summed E-state index contributed by atoms with van der Waals surface area (Å²) in [5.74, 6) is 0. The number of para-hydroxylation sites is 1. The summed E-state index contributed by atoms with van der Waals surface area (Å²) < 4.78 is 58.8. The lowest BCUT2D eigenvalue weighted by atomic mass is 10.1. The van der Waals surface area contributed by atoms with Gasteiger partial charge in [0.25, 0.3) is 20.1 Å². The highest BCUT2D eigenvalue weighted by molar-refractivity contribution is 7.93. The Bertz CT molecular complexity index is 1300. The first-order valence-electron chi connectivity index (χ1n) is 9.83. The smallest absolute Gasteiger partial charge is 0.264 e. The van der Waals surface area contributed by atoms with E-state index in [-0.39, 0.29) is 16.4 Å². The number of rotatable bonds is 6. The molecule has 0 spiro atoms. The minimum absolute atomic E-state index is 0.0431. The largest absolute Gasteiger partial charge is 0.297 e. The third-order valence-corrected chi connectivity index (χ3v) is 8.50. The van der Waals surface area contributed by atoms with Gasteiger partial charge in [-0.1, -0.05) is 53.6 Å². The van der Waals surface area contributed by atoms with E-state index in [0.717, 1.165) is 16.7 Å². The van der Waals surface area contributed by atoms with Crippen LogP contribution in [0.5, 0.6) is 0 Å². The zero-order valence-electron chi connectivity index (χ0n) is 17.2. The first-order chi connectivity index (χ1) is 14.7. The third-order valence-electron chi connectivity index (χ3n) is 5.32. The number of nitrogens with zero attached hydrogens (tertiary/aromatic N) is 1. The summed E-state index contributed by atoms with van der Waals surface area (Å²) in [7, 11) is -7.91. The second-order valence-electron chi connectivity index (χ2n) is 7.65. The van der Waals surface area contributed by atoms with Gasteiger partial charge in [-0.3, -0.25) is 8.49 Å². The van der Waals surface area contributed by atoms with Gasteiger partial charge in [0.2, 0.25) is 0 Å². The molecule has 6 nitrogen and oxygen atoms in total. The quantitative estimate of drug-likeness (QED) is 0.526. The van der Waals surface area contributed by atoms with Gasteiger partial charge in [-0.05, 0) is 56.2 Å². The number of fused-ring (bicyclic) bond motifs is 1. The average Bonchev–Trinajstić information content (AvgIpc) is 3.12. The highest BCUT2D eigenvalue weighted by atomic mass is 32.2. The molecule has 1 aliphatic rings. The van der Waals surface area contributed by atoms with Crippen LogP contribution in [0.4, 0.5) is 5.69 Å². The van der Waals surface area contributed by atoms with Crippen molar-refractivity contribution in [2.45, 2.75) is 36.1 Å². The van der Waals surface area contributed by atoms with Crippen LogP contribution in [-0.4, -0.2) is 29.5 Å². The van der Waals surface area contributed by atoms with Crippen molar-refractivity contribution in [3.8, 4) is 0 Å². The van der Waals surface area contributed by atoms with E-state index in [1.807, 2.05) is 26.0 Å². The Morgan fingerprint density at radius 3 is 1.97 bits per heavy atom. The molecule has 162 valence electrons. The molecule has 1 aliphatic heterocycles. The van der Waals surface area contributed by atoms with Crippen molar-refractivity contribution in [3.05, 3.63) is 89.5 Å². The van der Waals surface area contributed by atoms with Gasteiger partial charge >= 0.3 is 0 Å². The zero-order valence-corrected chi connectivity index (χ0v) is 18.9. The van der Waals surface area contributed by atoms with Crippen molar-refractivity contribution < 1.29 is 21.0 Å². The maximum Gasteiger partial charge on any atom is 0.297 e. The molecule has 0 unspecified atom stereocenters. The van der Waals surface area contributed by atoms with Crippen molar-refractivity contribution in [1.29, 1.82) is 0 Å². The summed E-state index contributed by atoms with van der Waals surface area (Å²) in [6.07, 6.45) is 0.366. The number of benzene rings is 3. The van der Waals surface area contributed by atoms with Crippen molar-refractivity contribution in [1.82, 2.24) is 0 Å². The van der Waals surface area contributed by atoms with E-state index in [1.54, 1.807) is 48.5 Å². The number of hydrogen-bond acceptors (Lipinski definition) is 5. The van der Waals surface area contributed by atoms with Gasteiger partial charge in [-0.25, -0.2) is 8.42 Å². The van der Waals surface area contributed by atoms with Gasteiger partial charge < -0.3 is 0 Å². The van der Waals surface area contributed by atoms with E-state index in [2.05, 4.69) is 0 Å². The summed E-state index contributed by atoms with van der Waals surface area (Å²) in [5.41, 5.74) is 3.26. The monoisotopic (exact) mass is 457 g/mol. The topological polar surface area (TPSA) is 80.8 Å². The molecule has 4 rings (SSSR count). The second kappa shape index (κ2) is 8.11. The Morgan fingerprint density at radius 1 is 0.806 bits per heavy atom. The van der Waals surface area contributed by atoms with Crippen molar-refractivity contribution in [2.75, 3.05) is 10.9 Å². The van der Waals surface area contributed by atoms with Crippen LogP contribution in [0.2, 0.25) is 0 Å². The Balaban J connectivity index is 1.65. The molecule has 0 aliphatic carbocycles. The van der Waals surface area contributed by atoms with E-state index in [0.29, 0.717) is 12.1 Å². The van der Waals surface area contributed by atoms with Gasteiger partial charge in [0, 0.05) is 0 Å². The van der Waals surface area contributed by atoms with Crippen molar-refractivity contribution in [2.24, 2.45) is 0 Å². The molecular weight excluding hydrogens is 434 g/mol. The number of sulfonamides is 1. The average molecular weight is 458 g/mol. The predicted octanol–water partition coefficient (Wildman–Crippen LogP) is 3.83. The third kappa shape index (κ3) is 4.23. The fourth-order valence-corrected chi connectivity index (χ4v) is 6.26. The fourth-order valence-electron chi connectivity index (χ4n) is 3.65. The van der Waals surface area contributed by atoms with E-state index in [9.17, 15) is 16.8 Å². The van der Waals surface area contributed by atoms with Crippen LogP contribution >= 0.6 is 0 Å². The first-order valence-corrected chi connectivity index (χ1v) is 12.7. The van der Waals surface area contributed by atoms with Gasteiger partial charge in [0.15, 0.2) is 0 Å². The van der Waals surface area contributed by atoms with Crippen LogP contribution in [0.15, 0.2) is 82.6 Å². The molecule has 3 aromatic rings. The lowest BCUT2D eigenvalue weighted by Crippen LogP contribution is -2.41. The van der Waals surface area contributed by atoms with E-state index in [4.69, 9.17) is 4.18 Å². The van der Waals surface area contributed by atoms with Crippen LogP contribution in [-0.2, 0) is 30.7 Å². The van der Waals surface area contributed by atoms with Gasteiger partial charge in [0.1, 0.15) is 0 Å². The van der Waals surface area contributed by atoms with Crippen LogP contribution in [0, 0.1) is 13.8 Å². The van der Waals surface area contributed by atoms with Gasteiger partial charge in [-0.2, -0.15) is 8.42 Å². The van der Waals surface area contributed by atoms with Crippen LogP contribution in [0.1, 0.15) is 16.7 Å². The van der Waals surface area contributed by atoms with E-state index < -0.39 is 26.2 Å². The molecule has 1 atom stereocenters. The van der Waals surface area contributed by atoms with Crippen molar-refractivity contribution in [3.63, 3.8) is 0 Å².